The van der Waals surface area contributed by atoms with Crippen LogP contribution >= 0.6 is 0 Å². The molecule has 0 bridgehead atoms. The lowest BCUT2D eigenvalue weighted by Gasteiger charge is -2.31. The van der Waals surface area contributed by atoms with E-state index in [1.165, 1.54) is 31.3 Å². The number of nitrogens with zero attached hydrogens (tertiary/aromatic N) is 1. The van der Waals surface area contributed by atoms with Crippen LogP contribution in [0.2, 0.25) is 0 Å². The highest BCUT2D eigenvalue weighted by Gasteiger charge is 2.57. The molecule has 40 heavy (non-hydrogen) atoms. The summed E-state index contributed by atoms with van der Waals surface area (Å²) in [6.45, 7) is -0.424. The van der Waals surface area contributed by atoms with Crippen molar-refractivity contribution in [1.29, 1.82) is 0 Å². The van der Waals surface area contributed by atoms with Crippen LogP contribution < -0.4 is 15.8 Å². The van der Waals surface area contributed by atoms with E-state index < -0.39 is 58.4 Å². The van der Waals surface area contributed by atoms with E-state index in [-0.39, 0.29) is 34.7 Å². The molecule has 2 amide bonds. The average molecular weight is 560 g/mol. The Bertz CT molecular complexity index is 1650. The number of amides is 2. The molecule has 0 spiro atoms. The summed E-state index contributed by atoms with van der Waals surface area (Å²) in [5.41, 5.74) is -1.58. The van der Waals surface area contributed by atoms with Gasteiger partial charge in [-0.05, 0) is 49.4 Å². The third-order valence-corrected chi connectivity index (χ3v) is 7.04. The molecule has 3 heterocycles. The Morgan fingerprint density at radius 1 is 1.15 bits per heavy atom. The number of aliphatic hydroxyl groups is 1. The van der Waals surface area contributed by atoms with Gasteiger partial charge in [-0.2, -0.15) is 13.2 Å². The van der Waals surface area contributed by atoms with Crippen LogP contribution in [0, 0.1) is 11.6 Å². The number of rotatable bonds is 6. The fourth-order valence-corrected chi connectivity index (χ4v) is 4.51. The molecule has 4 aromatic rings. The number of ether oxygens (including phenoxy) is 1. The van der Waals surface area contributed by atoms with Crippen molar-refractivity contribution in [2.75, 3.05) is 13.2 Å². The number of nitrogens with two attached hydrogens (primary N) is 1. The molecule has 0 saturated heterocycles. The molecular formula is C27H21F5N4O4. The van der Waals surface area contributed by atoms with Gasteiger partial charge in [-0.3, -0.25) is 9.59 Å². The zero-order valence-electron chi connectivity index (χ0n) is 20.7. The number of benzene rings is 2. The molecule has 1 aliphatic rings. The van der Waals surface area contributed by atoms with Gasteiger partial charge in [-0.25, -0.2) is 13.8 Å². The first-order chi connectivity index (χ1) is 18.8. The highest BCUT2D eigenvalue weighted by atomic mass is 19.4. The number of aromatic nitrogens is 2. The van der Waals surface area contributed by atoms with E-state index >= 15 is 0 Å². The summed E-state index contributed by atoms with van der Waals surface area (Å²) in [4.78, 5) is 31.7. The van der Waals surface area contributed by atoms with Crippen LogP contribution in [0.5, 0.6) is 5.75 Å². The molecule has 5 rings (SSSR count). The van der Waals surface area contributed by atoms with E-state index in [4.69, 9.17) is 10.5 Å². The van der Waals surface area contributed by atoms with E-state index in [1.807, 2.05) is 5.32 Å². The Balaban J connectivity index is 1.60. The van der Waals surface area contributed by atoms with Crippen molar-refractivity contribution in [2.24, 2.45) is 5.73 Å². The van der Waals surface area contributed by atoms with E-state index in [1.54, 1.807) is 6.07 Å². The molecule has 0 saturated carbocycles. The first-order valence-corrected chi connectivity index (χ1v) is 11.8. The Morgan fingerprint density at radius 3 is 2.50 bits per heavy atom. The number of carbonyl (C=O) groups is 2. The molecule has 1 aliphatic heterocycles. The Morgan fingerprint density at radius 2 is 1.85 bits per heavy atom. The van der Waals surface area contributed by atoms with E-state index in [0.717, 1.165) is 24.3 Å². The molecule has 2 aromatic carbocycles. The van der Waals surface area contributed by atoms with Crippen molar-refractivity contribution < 1.29 is 41.4 Å². The molecule has 8 nitrogen and oxygen atoms in total. The third-order valence-electron chi connectivity index (χ3n) is 7.04. The van der Waals surface area contributed by atoms with Crippen molar-refractivity contribution in [2.45, 2.75) is 24.1 Å². The zero-order valence-corrected chi connectivity index (χ0v) is 20.7. The zero-order chi connectivity index (χ0) is 29.0. The maximum Gasteiger partial charge on any atom is 0.424 e. The number of hydrogen-bond acceptors (Lipinski definition) is 5. The smallest absolute Gasteiger partial charge is 0.424 e. The molecule has 0 fully saturated rings. The summed E-state index contributed by atoms with van der Waals surface area (Å²) in [5, 5.41) is 13.4. The lowest BCUT2D eigenvalue weighted by atomic mass is 9.81. The number of H-pyrrole nitrogens is 1. The number of primary amides is 1. The number of aromatic amines is 1. The number of fused-ring (bicyclic) bond motifs is 2. The van der Waals surface area contributed by atoms with Crippen molar-refractivity contribution >= 4 is 22.7 Å². The number of alkyl halides is 3. The summed E-state index contributed by atoms with van der Waals surface area (Å²) < 4.78 is 77.5. The van der Waals surface area contributed by atoms with Crippen molar-refractivity contribution in [1.82, 2.24) is 15.3 Å². The fraction of sp³-hybridized carbons (Fsp3) is 0.222. The fourth-order valence-electron chi connectivity index (χ4n) is 4.51. The van der Waals surface area contributed by atoms with E-state index in [0.29, 0.717) is 5.39 Å². The SMILES string of the molecule is C[C@]1(C(N)=O)COc2c1cc(C(O)(CNC(=O)c1ccc3cc[nH]c3c1F)C(F)(F)F)nc2-c1ccc(F)cc1. The minimum Gasteiger partial charge on any atom is -0.489 e. The number of pyridine rings is 1. The van der Waals surface area contributed by atoms with Crippen molar-refractivity contribution in [3.8, 4) is 17.0 Å². The normalized spacial score (nSPS) is 18.2. The minimum atomic E-state index is -5.41. The summed E-state index contributed by atoms with van der Waals surface area (Å²) in [7, 11) is 0. The summed E-state index contributed by atoms with van der Waals surface area (Å²) >= 11 is 0. The number of carbonyl (C=O) groups excluding carboxylic acids is 2. The second-order valence-corrected chi connectivity index (χ2v) is 9.63. The van der Waals surface area contributed by atoms with Crippen LogP contribution in [0.4, 0.5) is 22.0 Å². The molecule has 208 valence electrons. The van der Waals surface area contributed by atoms with Crippen LogP contribution in [0.15, 0.2) is 54.7 Å². The predicted octanol–water partition coefficient (Wildman–Crippen LogP) is 3.82. The molecule has 0 radical (unpaired) electrons. The molecule has 0 aliphatic carbocycles. The minimum absolute atomic E-state index is 0.0197. The number of halogens is 5. The van der Waals surface area contributed by atoms with Crippen molar-refractivity contribution in [3.63, 3.8) is 0 Å². The molecular weight excluding hydrogens is 539 g/mol. The van der Waals surface area contributed by atoms with Crippen LogP contribution in [-0.2, 0) is 15.8 Å². The van der Waals surface area contributed by atoms with Crippen LogP contribution in [0.3, 0.4) is 0 Å². The van der Waals surface area contributed by atoms with Gasteiger partial charge in [0.15, 0.2) is 5.82 Å². The van der Waals surface area contributed by atoms with Gasteiger partial charge in [0.25, 0.3) is 5.91 Å². The predicted molar refractivity (Wildman–Crippen MR) is 132 cm³/mol. The van der Waals surface area contributed by atoms with Gasteiger partial charge in [0.2, 0.25) is 11.5 Å². The maximum absolute atomic E-state index is 14.8. The van der Waals surface area contributed by atoms with Gasteiger partial charge in [0.05, 0.1) is 23.3 Å². The monoisotopic (exact) mass is 560 g/mol. The molecule has 5 N–H and O–H groups in total. The quantitative estimate of drug-likeness (QED) is 0.267. The van der Waals surface area contributed by atoms with Crippen molar-refractivity contribution in [3.05, 3.63) is 83.2 Å². The van der Waals surface area contributed by atoms with E-state index in [9.17, 15) is 36.6 Å². The highest BCUT2D eigenvalue weighted by Crippen LogP contribution is 2.47. The maximum atomic E-state index is 14.8. The van der Waals surface area contributed by atoms with Gasteiger partial charge >= 0.3 is 6.18 Å². The second kappa shape index (κ2) is 9.30. The Labute approximate surface area is 223 Å². The van der Waals surface area contributed by atoms with Crippen LogP contribution in [0.25, 0.3) is 22.2 Å². The molecule has 1 unspecified atom stereocenters. The lowest BCUT2D eigenvalue weighted by molar-refractivity contribution is -0.265. The van der Waals surface area contributed by atoms with Gasteiger partial charge in [0.1, 0.15) is 29.3 Å². The molecule has 2 aromatic heterocycles. The summed E-state index contributed by atoms with van der Waals surface area (Å²) in [6.07, 6.45) is -3.98. The molecule has 2 atom stereocenters. The average Bonchev–Trinajstić information content (AvgIpc) is 3.53. The van der Waals surface area contributed by atoms with Gasteiger partial charge in [-0.15, -0.1) is 0 Å². The first-order valence-electron chi connectivity index (χ1n) is 11.8. The van der Waals surface area contributed by atoms with Gasteiger partial charge < -0.3 is 25.9 Å². The summed E-state index contributed by atoms with van der Waals surface area (Å²) in [6, 6.07) is 9.45. The van der Waals surface area contributed by atoms with Crippen LogP contribution in [0.1, 0.15) is 28.5 Å². The van der Waals surface area contributed by atoms with Crippen LogP contribution in [-0.4, -0.2) is 46.2 Å². The number of hydrogen-bond donors (Lipinski definition) is 4. The van der Waals surface area contributed by atoms with E-state index in [2.05, 4.69) is 9.97 Å². The van der Waals surface area contributed by atoms with Gasteiger partial charge in [0, 0.05) is 22.7 Å². The highest BCUT2D eigenvalue weighted by molar-refractivity contribution is 5.98. The second-order valence-electron chi connectivity index (χ2n) is 9.63. The molecule has 13 heteroatoms. The Kier molecular flexibility index (Phi) is 6.29. The topological polar surface area (TPSA) is 130 Å². The number of nitrogens with one attached hydrogen (secondary N) is 2. The summed E-state index contributed by atoms with van der Waals surface area (Å²) in [5.74, 6) is -3.81. The lowest BCUT2D eigenvalue weighted by Crippen LogP contribution is -2.52. The third kappa shape index (κ3) is 4.22. The van der Waals surface area contributed by atoms with Gasteiger partial charge in [-0.1, -0.05) is 6.07 Å². The first kappa shape index (κ1) is 27.1. The Hall–Kier alpha value is -4.52. The standard InChI is InChI=1S/C27H21F5N4O4/c1-25(24(33)38)12-40-22-17(25)10-18(36-21(22)13-2-5-15(28)6-3-13)26(39,27(30,31)32)11-35-23(37)16-7-4-14-8-9-34-20(14)19(16)29/h2-10,34,39H,11-12H2,1H3,(H2,33,38)(H,35,37)/t25-,26?/m0/s1. The largest absolute Gasteiger partial charge is 0.489 e.